The van der Waals surface area contributed by atoms with Gasteiger partial charge in [-0.2, -0.15) is 5.10 Å². The number of hydrogen-bond acceptors (Lipinski definition) is 5. The maximum Gasteiger partial charge on any atom is 0.181 e. The molecule has 0 aliphatic heterocycles. The van der Waals surface area contributed by atoms with Crippen molar-refractivity contribution in [3.63, 3.8) is 0 Å². The molecule has 2 rings (SSSR count). The zero-order chi connectivity index (χ0) is 16.7. The summed E-state index contributed by atoms with van der Waals surface area (Å²) >= 11 is 0. The molecule has 0 aliphatic carbocycles. The van der Waals surface area contributed by atoms with E-state index in [1.807, 2.05) is 54.6 Å². The number of ether oxygens (including phenoxy) is 1. The van der Waals surface area contributed by atoms with Crippen LogP contribution in [0.1, 0.15) is 13.8 Å². The Balaban J connectivity index is 2.21. The number of nitrogens with one attached hydrogen (secondary N) is 1. The highest BCUT2D eigenvalue weighted by Crippen LogP contribution is 2.18. The van der Waals surface area contributed by atoms with Crippen LogP contribution < -0.4 is 10.2 Å². The number of anilines is 1. The van der Waals surface area contributed by atoms with Gasteiger partial charge in [-0.3, -0.25) is 15.2 Å². The number of nitrogens with zero attached hydrogens (tertiary/aromatic N) is 2. The number of ketones is 1. The second-order valence-electron chi connectivity index (χ2n) is 4.89. The molecule has 0 saturated carbocycles. The van der Waals surface area contributed by atoms with Gasteiger partial charge in [0.05, 0.1) is 24.2 Å². The van der Waals surface area contributed by atoms with E-state index in [-0.39, 0.29) is 5.78 Å². The SMILES string of the molecule is COc1ccc(N=C(C)/C(=N/Nc2ccccc2)C(C)=O)cc1. The summed E-state index contributed by atoms with van der Waals surface area (Å²) in [6, 6.07) is 16.7. The van der Waals surface area contributed by atoms with Gasteiger partial charge in [-0.1, -0.05) is 18.2 Å². The fraction of sp³-hybridized carbons (Fsp3) is 0.167. The number of methoxy groups -OCH3 is 1. The van der Waals surface area contributed by atoms with Gasteiger partial charge in [0, 0.05) is 6.92 Å². The van der Waals surface area contributed by atoms with Crippen LogP contribution in [0.4, 0.5) is 11.4 Å². The highest BCUT2D eigenvalue weighted by Gasteiger charge is 2.10. The Morgan fingerprint density at radius 3 is 2.22 bits per heavy atom. The molecule has 0 fully saturated rings. The lowest BCUT2D eigenvalue weighted by Crippen LogP contribution is -2.20. The Labute approximate surface area is 135 Å². The van der Waals surface area contributed by atoms with Gasteiger partial charge in [0.25, 0.3) is 0 Å². The van der Waals surface area contributed by atoms with E-state index >= 15 is 0 Å². The van der Waals surface area contributed by atoms with Gasteiger partial charge in [-0.05, 0) is 43.3 Å². The molecule has 0 aromatic heterocycles. The first-order chi connectivity index (χ1) is 11.1. The number of carbonyl (C=O) groups is 1. The minimum atomic E-state index is -0.150. The number of benzene rings is 2. The Kier molecular flexibility index (Phi) is 5.63. The number of hydrogen-bond donors (Lipinski definition) is 1. The van der Waals surface area contributed by atoms with Crippen molar-refractivity contribution >= 4 is 28.6 Å². The fourth-order valence-corrected chi connectivity index (χ4v) is 1.95. The zero-order valence-corrected chi connectivity index (χ0v) is 13.4. The number of Topliss-reactive ketones (excluding diaryl/α,β-unsaturated/α-hetero) is 1. The Hall–Kier alpha value is -2.95. The molecule has 0 spiro atoms. The Bertz CT molecular complexity index is 720. The minimum absolute atomic E-state index is 0.150. The number of rotatable bonds is 6. The molecule has 118 valence electrons. The zero-order valence-electron chi connectivity index (χ0n) is 13.4. The van der Waals surface area contributed by atoms with Crippen LogP contribution in [0.5, 0.6) is 5.75 Å². The van der Waals surface area contributed by atoms with Gasteiger partial charge in [0.15, 0.2) is 5.78 Å². The maximum absolute atomic E-state index is 11.8. The molecule has 23 heavy (non-hydrogen) atoms. The molecule has 0 bridgehead atoms. The largest absolute Gasteiger partial charge is 0.497 e. The quantitative estimate of drug-likeness (QED) is 0.651. The molecule has 0 amide bonds. The standard InChI is InChI=1S/C18H19N3O2/c1-13(19-15-9-11-17(23-3)12-10-15)18(14(2)22)21-20-16-7-5-4-6-8-16/h4-12,20H,1-3H3/b19-13?,21-18-. The van der Waals surface area contributed by atoms with Gasteiger partial charge in [-0.25, -0.2) is 0 Å². The number of para-hydroxylation sites is 1. The molecule has 0 unspecified atom stereocenters. The summed E-state index contributed by atoms with van der Waals surface area (Å²) in [4.78, 5) is 16.3. The molecule has 2 aromatic carbocycles. The average molecular weight is 309 g/mol. The van der Waals surface area contributed by atoms with Crippen molar-refractivity contribution in [2.45, 2.75) is 13.8 Å². The van der Waals surface area contributed by atoms with Gasteiger partial charge >= 0.3 is 0 Å². The van der Waals surface area contributed by atoms with Crippen molar-refractivity contribution in [1.29, 1.82) is 0 Å². The van der Waals surface area contributed by atoms with E-state index in [1.165, 1.54) is 6.92 Å². The Morgan fingerprint density at radius 2 is 1.65 bits per heavy atom. The number of aliphatic imine (C=N–C) groups is 1. The van der Waals surface area contributed by atoms with E-state index in [2.05, 4.69) is 15.5 Å². The van der Waals surface area contributed by atoms with E-state index < -0.39 is 0 Å². The molecule has 0 saturated heterocycles. The van der Waals surface area contributed by atoms with Gasteiger partial charge in [-0.15, -0.1) is 0 Å². The van der Waals surface area contributed by atoms with Gasteiger partial charge < -0.3 is 4.74 Å². The molecule has 5 nitrogen and oxygen atoms in total. The molecule has 5 heteroatoms. The predicted octanol–water partition coefficient (Wildman–Crippen LogP) is 3.84. The predicted molar refractivity (Wildman–Crippen MR) is 93.9 cm³/mol. The van der Waals surface area contributed by atoms with Gasteiger partial charge in [0.1, 0.15) is 11.5 Å². The Morgan fingerprint density at radius 1 is 1.00 bits per heavy atom. The number of carbonyl (C=O) groups excluding carboxylic acids is 1. The molecule has 0 radical (unpaired) electrons. The number of hydrazone groups is 1. The molecule has 0 heterocycles. The van der Waals surface area contributed by atoms with Crippen LogP contribution in [0.15, 0.2) is 64.7 Å². The van der Waals surface area contributed by atoms with Crippen LogP contribution in [0.3, 0.4) is 0 Å². The van der Waals surface area contributed by atoms with E-state index in [1.54, 1.807) is 14.0 Å². The third-order valence-electron chi connectivity index (χ3n) is 3.12. The smallest absolute Gasteiger partial charge is 0.181 e. The van der Waals surface area contributed by atoms with E-state index in [4.69, 9.17) is 4.74 Å². The first-order valence-electron chi connectivity index (χ1n) is 7.19. The summed E-state index contributed by atoms with van der Waals surface area (Å²) in [5, 5.41) is 4.18. The average Bonchev–Trinajstić information content (AvgIpc) is 2.56. The van der Waals surface area contributed by atoms with Crippen molar-refractivity contribution in [2.75, 3.05) is 12.5 Å². The van der Waals surface area contributed by atoms with Crippen LogP contribution in [0.2, 0.25) is 0 Å². The lowest BCUT2D eigenvalue weighted by molar-refractivity contribution is -0.110. The van der Waals surface area contributed by atoms with Crippen LogP contribution in [-0.2, 0) is 4.79 Å². The highest BCUT2D eigenvalue weighted by molar-refractivity contribution is 6.66. The summed E-state index contributed by atoms with van der Waals surface area (Å²) in [7, 11) is 1.61. The summed E-state index contributed by atoms with van der Waals surface area (Å²) in [5.74, 6) is 0.607. The van der Waals surface area contributed by atoms with E-state index in [9.17, 15) is 4.79 Å². The van der Waals surface area contributed by atoms with Crippen molar-refractivity contribution in [2.24, 2.45) is 10.1 Å². The second kappa shape index (κ2) is 7.89. The van der Waals surface area contributed by atoms with E-state index in [0.29, 0.717) is 11.4 Å². The van der Waals surface area contributed by atoms with Crippen molar-refractivity contribution < 1.29 is 9.53 Å². The summed E-state index contributed by atoms with van der Waals surface area (Å²) in [6.07, 6.45) is 0. The van der Waals surface area contributed by atoms with Crippen molar-refractivity contribution in [1.82, 2.24) is 0 Å². The highest BCUT2D eigenvalue weighted by atomic mass is 16.5. The summed E-state index contributed by atoms with van der Waals surface area (Å²) in [6.45, 7) is 3.23. The second-order valence-corrected chi connectivity index (χ2v) is 4.89. The van der Waals surface area contributed by atoms with Crippen LogP contribution in [-0.4, -0.2) is 24.3 Å². The lowest BCUT2D eigenvalue weighted by Gasteiger charge is -2.05. The van der Waals surface area contributed by atoms with Gasteiger partial charge in [0.2, 0.25) is 0 Å². The maximum atomic E-state index is 11.8. The van der Waals surface area contributed by atoms with Crippen LogP contribution in [0.25, 0.3) is 0 Å². The molecule has 2 aromatic rings. The topological polar surface area (TPSA) is 63.1 Å². The first-order valence-corrected chi connectivity index (χ1v) is 7.19. The lowest BCUT2D eigenvalue weighted by atomic mass is 10.2. The minimum Gasteiger partial charge on any atom is -0.497 e. The van der Waals surface area contributed by atoms with Crippen molar-refractivity contribution in [3.05, 3.63) is 54.6 Å². The van der Waals surface area contributed by atoms with E-state index in [0.717, 1.165) is 17.1 Å². The fourth-order valence-electron chi connectivity index (χ4n) is 1.95. The third-order valence-corrected chi connectivity index (χ3v) is 3.12. The first kappa shape index (κ1) is 16.4. The normalized spacial score (nSPS) is 12.0. The summed E-state index contributed by atoms with van der Waals surface area (Å²) < 4.78 is 5.11. The molecule has 1 N–H and O–H groups in total. The van der Waals surface area contributed by atoms with Crippen molar-refractivity contribution in [3.8, 4) is 5.75 Å². The molecule has 0 atom stereocenters. The molecular formula is C18H19N3O2. The third kappa shape index (κ3) is 4.78. The summed E-state index contributed by atoms with van der Waals surface area (Å²) in [5.41, 5.74) is 5.26. The molecule has 0 aliphatic rings. The molecular weight excluding hydrogens is 290 g/mol. The van der Waals surface area contributed by atoms with Crippen LogP contribution in [0, 0.1) is 0 Å². The van der Waals surface area contributed by atoms with Crippen LogP contribution >= 0.6 is 0 Å². The monoisotopic (exact) mass is 309 g/mol.